The van der Waals surface area contributed by atoms with Gasteiger partial charge < -0.3 is 19.5 Å². The lowest BCUT2D eigenvalue weighted by atomic mass is 9.78. The monoisotopic (exact) mass is 483 g/mol. The van der Waals surface area contributed by atoms with E-state index in [-0.39, 0.29) is 5.69 Å². The zero-order chi connectivity index (χ0) is 23.7. The summed E-state index contributed by atoms with van der Waals surface area (Å²) in [6.07, 6.45) is 4.33. The van der Waals surface area contributed by atoms with Crippen molar-refractivity contribution in [1.29, 1.82) is 0 Å². The molecule has 3 atom stereocenters. The Labute approximate surface area is 200 Å². The first-order valence-corrected chi connectivity index (χ1v) is 11.3. The molecule has 1 aliphatic heterocycles. The SMILES string of the molecule is COc1ccc([C@@H](O)C2C=CC(F)=CC2(Cl)c2ncnc3cc(N4CCOCC4)ccc23)nn1. The number of nitrogens with zero attached hydrogens (tertiary/aromatic N) is 5. The van der Waals surface area contributed by atoms with E-state index in [0.717, 1.165) is 18.8 Å². The number of fused-ring (bicyclic) bond motifs is 1. The van der Waals surface area contributed by atoms with E-state index in [2.05, 4.69) is 25.1 Å². The third-order valence-corrected chi connectivity index (χ3v) is 6.71. The molecule has 0 bridgehead atoms. The molecule has 10 heteroatoms. The van der Waals surface area contributed by atoms with Gasteiger partial charge in [0.2, 0.25) is 5.88 Å². The summed E-state index contributed by atoms with van der Waals surface area (Å²) in [6, 6.07) is 9.02. The zero-order valence-electron chi connectivity index (χ0n) is 18.4. The third-order valence-electron chi connectivity index (χ3n) is 6.17. The summed E-state index contributed by atoms with van der Waals surface area (Å²) >= 11 is 7.11. The van der Waals surface area contributed by atoms with E-state index in [1.807, 2.05) is 18.2 Å². The van der Waals surface area contributed by atoms with E-state index in [0.29, 0.717) is 35.7 Å². The molecule has 34 heavy (non-hydrogen) atoms. The Bertz CT molecular complexity index is 1250. The van der Waals surface area contributed by atoms with Gasteiger partial charge in [0.15, 0.2) is 0 Å². The van der Waals surface area contributed by atoms with Crippen LogP contribution in [0.3, 0.4) is 0 Å². The summed E-state index contributed by atoms with van der Waals surface area (Å²) in [6.45, 7) is 2.92. The van der Waals surface area contributed by atoms with E-state index in [1.54, 1.807) is 12.1 Å². The Morgan fingerprint density at radius 3 is 2.76 bits per heavy atom. The summed E-state index contributed by atoms with van der Waals surface area (Å²) in [5.74, 6) is -0.972. The van der Waals surface area contributed by atoms with Crippen molar-refractivity contribution in [2.75, 3.05) is 38.3 Å². The summed E-state index contributed by atoms with van der Waals surface area (Å²) in [7, 11) is 1.48. The molecule has 0 radical (unpaired) electrons. The van der Waals surface area contributed by atoms with E-state index in [1.165, 1.54) is 31.7 Å². The fourth-order valence-corrected chi connectivity index (χ4v) is 4.84. The van der Waals surface area contributed by atoms with Gasteiger partial charge in [-0.05, 0) is 36.4 Å². The van der Waals surface area contributed by atoms with E-state index in [9.17, 15) is 9.50 Å². The van der Waals surface area contributed by atoms with Crippen LogP contribution in [-0.2, 0) is 9.61 Å². The van der Waals surface area contributed by atoms with Crippen molar-refractivity contribution in [2.45, 2.75) is 11.0 Å². The number of hydrogen-bond donors (Lipinski definition) is 1. The number of aliphatic hydroxyl groups is 1. The second-order valence-electron chi connectivity index (χ2n) is 8.15. The van der Waals surface area contributed by atoms with Gasteiger partial charge in [-0.25, -0.2) is 14.4 Å². The van der Waals surface area contributed by atoms with Crippen LogP contribution in [0.1, 0.15) is 17.5 Å². The van der Waals surface area contributed by atoms with Crippen LogP contribution in [0.15, 0.2) is 60.7 Å². The topological polar surface area (TPSA) is 93.5 Å². The Kier molecular flexibility index (Phi) is 6.16. The molecule has 1 aromatic carbocycles. The molecule has 1 fully saturated rings. The average molecular weight is 484 g/mol. The number of aliphatic hydroxyl groups excluding tert-OH is 1. The van der Waals surface area contributed by atoms with Gasteiger partial charge >= 0.3 is 0 Å². The van der Waals surface area contributed by atoms with E-state index < -0.39 is 22.7 Å². The fraction of sp³-hybridized carbons (Fsp3) is 0.333. The number of allylic oxidation sites excluding steroid dienone is 3. The standard InChI is InChI=1S/C24H23ClFN5O3/c1-33-21-7-6-19(29-30-21)22(32)18-5-2-15(26)13-24(18,25)23-17-4-3-16(12-20(17)27-14-28-23)31-8-10-34-11-9-31/h2-7,12-14,18,22,32H,8-11H2,1H3/t18?,22-,24?/m0/s1. The van der Waals surface area contributed by atoms with Gasteiger partial charge in [-0.3, -0.25) is 0 Å². The van der Waals surface area contributed by atoms with Crippen molar-refractivity contribution in [3.05, 3.63) is 72.1 Å². The predicted octanol–water partition coefficient (Wildman–Crippen LogP) is 3.47. The second-order valence-corrected chi connectivity index (χ2v) is 8.78. The maximum Gasteiger partial charge on any atom is 0.233 e. The lowest BCUT2D eigenvalue weighted by Crippen LogP contribution is -2.36. The third kappa shape index (κ3) is 4.11. The molecule has 8 nitrogen and oxygen atoms in total. The highest BCUT2D eigenvalue weighted by Gasteiger charge is 2.45. The van der Waals surface area contributed by atoms with Crippen LogP contribution in [0.25, 0.3) is 10.9 Å². The molecule has 0 saturated carbocycles. The summed E-state index contributed by atoms with van der Waals surface area (Å²) in [4.78, 5) is 9.61. The summed E-state index contributed by atoms with van der Waals surface area (Å²) in [5, 5.41) is 19.8. The van der Waals surface area contributed by atoms with Crippen LogP contribution < -0.4 is 9.64 Å². The number of rotatable bonds is 5. The van der Waals surface area contributed by atoms with Gasteiger partial charge in [-0.15, -0.1) is 21.8 Å². The first-order valence-electron chi connectivity index (χ1n) is 10.9. The lowest BCUT2D eigenvalue weighted by Gasteiger charge is -2.36. The average Bonchev–Trinajstić information content (AvgIpc) is 2.88. The zero-order valence-corrected chi connectivity index (χ0v) is 19.2. The first kappa shape index (κ1) is 22.6. The number of halogens is 2. The Hall–Kier alpha value is -3.14. The normalized spacial score (nSPS) is 23.6. The minimum atomic E-state index is -1.48. The van der Waals surface area contributed by atoms with Gasteiger partial charge in [0, 0.05) is 36.1 Å². The molecule has 3 heterocycles. The van der Waals surface area contributed by atoms with Crippen LogP contribution in [0, 0.1) is 5.92 Å². The van der Waals surface area contributed by atoms with Gasteiger partial charge in [-0.1, -0.05) is 6.08 Å². The molecule has 2 unspecified atom stereocenters. The molecule has 1 saturated heterocycles. The molecule has 176 valence electrons. The Morgan fingerprint density at radius 1 is 1.21 bits per heavy atom. The molecular formula is C24H23ClFN5O3. The van der Waals surface area contributed by atoms with Crippen LogP contribution >= 0.6 is 11.6 Å². The quantitative estimate of drug-likeness (QED) is 0.551. The molecule has 1 aliphatic carbocycles. The van der Waals surface area contributed by atoms with Crippen molar-refractivity contribution in [3.63, 3.8) is 0 Å². The van der Waals surface area contributed by atoms with Gasteiger partial charge in [0.05, 0.1) is 37.2 Å². The number of alkyl halides is 1. The van der Waals surface area contributed by atoms with E-state index >= 15 is 0 Å². The van der Waals surface area contributed by atoms with Crippen LogP contribution in [0.5, 0.6) is 5.88 Å². The molecule has 3 aromatic rings. The maximum atomic E-state index is 14.5. The number of ether oxygens (including phenoxy) is 2. The van der Waals surface area contributed by atoms with Crippen molar-refractivity contribution < 1.29 is 19.0 Å². The summed E-state index contributed by atoms with van der Waals surface area (Å²) in [5.41, 5.74) is 2.37. The van der Waals surface area contributed by atoms with Crippen LogP contribution in [0.4, 0.5) is 10.1 Å². The maximum absolute atomic E-state index is 14.5. The smallest absolute Gasteiger partial charge is 0.233 e. The second kappa shape index (κ2) is 9.25. The van der Waals surface area contributed by atoms with Gasteiger partial charge in [0.25, 0.3) is 0 Å². The van der Waals surface area contributed by atoms with Crippen molar-refractivity contribution in [3.8, 4) is 5.88 Å². The highest BCUT2D eigenvalue weighted by molar-refractivity contribution is 6.26. The molecule has 1 N–H and O–H groups in total. The fourth-order valence-electron chi connectivity index (χ4n) is 4.39. The lowest BCUT2D eigenvalue weighted by molar-refractivity contribution is 0.109. The van der Waals surface area contributed by atoms with Crippen molar-refractivity contribution in [2.24, 2.45) is 5.92 Å². The summed E-state index contributed by atoms with van der Waals surface area (Å²) < 4.78 is 25.0. The van der Waals surface area contributed by atoms with Crippen LogP contribution in [0.2, 0.25) is 0 Å². The molecule has 0 amide bonds. The molecule has 2 aliphatic rings. The van der Waals surface area contributed by atoms with Gasteiger partial charge in [-0.2, -0.15) is 0 Å². The Morgan fingerprint density at radius 2 is 2.03 bits per heavy atom. The number of aromatic nitrogens is 4. The number of hydrogen-bond acceptors (Lipinski definition) is 8. The number of morpholine rings is 1. The first-order chi connectivity index (χ1) is 16.5. The number of benzene rings is 1. The van der Waals surface area contributed by atoms with E-state index in [4.69, 9.17) is 21.1 Å². The van der Waals surface area contributed by atoms with Crippen LogP contribution in [-0.4, -0.2) is 58.7 Å². The highest BCUT2D eigenvalue weighted by Crippen LogP contribution is 2.49. The largest absolute Gasteiger partial charge is 0.480 e. The minimum absolute atomic E-state index is 0.282. The molecule has 2 aromatic heterocycles. The Balaban J connectivity index is 1.56. The number of methoxy groups -OCH3 is 1. The van der Waals surface area contributed by atoms with Crippen molar-refractivity contribution in [1.82, 2.24) is 20.2 Å². The highest BCUT2D eigenvalue weighted by atomic mass is 35.5. The minimum Gasteiger partial charge on any atom is -0.480 e. The van der Waals surface area contributed by atoms with Crippen molar-refractivity contribution >= 4 is 28.2 Å². The molecule has 5 rings (SSSR count). The molecular weight excluding hydrogens is 461 g/mol. The predicted molar refractivity (Wildman–Crippen MR) is 125 cm³/mol. The van der Waals surface area contributed by atoms with Gasteiger partial charge in [0.1, 0.15) is 23.1 Å². The number of anilines is 1. The molecule has 0 spiro atoms.